The van der Waals surface area contributed by atoms with Crippen LogP contribution in [-0.2, 0) is 0 Å². The van der Waals surface area contributed by atoms with Crippen molar-refractivity contribution in [3.8, 4) is 5.75 Å². The van der Waals surface area contributed by atoms with Crippen molar-refractivity contribution in [1.29, 1.82) is 0 Å². The summed E-state index contributed by atoms with van der Waals surface area (Å²) in [5, 5.41) is 0. The molecule has 0 spiro atoms. The maximum Gasteiger partial charge on any atom is 0.118 e. The van der Waals surface area contributed by atoms with Crippen LogP contribution in [0.25, 0.3) is 6.08 Å². The summed E-state index contributed by atoms with van der Waals surface area (Å²) in [7, 11) is 1.67. The lowest BCUT2D eigenvalue weighted by molar-refractivity contribution is 0.415. The predicted octanol–water partition coefficient (Wildman–Crippen LogP) is 3.28. The molecule has 0 bridgehead atoms. The molecule has 0 aromatic heterocycles. The number of benzene rings is 1. The lowest BCUT2D eigenvalue weighted by Crippen LogP contribution is -1.81. The van der Waals surface area contributed by atoms with Crippen molar-refractivity contribution in [3.05, 3.63) is 48.1 Å². The van der Waals surface area contributed by atoms with Gasteiger partial charge < -0.3 is 4.74 Å². The Kier molecular flexibility index (Phi) is 3.83. The van der Waals surface area contributed by atoms with E-state index in [-0.39, 0.29) is 0 Å². The van der Waals surface area contributed by atoms with Gasteiger partial charge in [0, 0.05) is 0 Å². The van der Waals surface area contributed by atoms with Gasteiger partial charge in [-0.1, -0.05) is 36.4 Å². The molecule has 68 valence electrons. The van der Waals surface area contributed by atoms with Crippen molar-refractivity contribution in [2.45, 2.75) is 6.92 Å². The van der Waals surface area contributed by atoms with E-state index in [1.54, 1.807) is 7.11 Å². The standard InChI is InChI=1S/C12H14O/c1-3-4-5-6-11-7-9-12(13-2)10-8-11/h3-10H,1-2H3. The average Bonchev–Trinajstić information content (AvgIpc) is 2.19. The van der Waals surface area contributed by atoms with Gasteiger partial charge in [-0.15, -0.1) is 0 Å². The van der Waals surface area contributed by atoms with E-state index in [0.717, 1.165) is 5.75 Å². The maximum atomic E-state index is 5.06. The highest BCUT2D eigenvalue weighted by molar-refractivity contribution is 5.52. The summed E-state index contributed by atoms with van der Waals surface area (Å²) in [5.74, 6) is 0.892. The van der Waals surface area contributed by atoms with E-state index < -0.39 is 0 Å². The molecule has 0 N–H and O–H groups in total. The number of allylic oxidation sites excluding steroid dienone is 3. The Morgan fingerprint density at radius 3 is 2.31 bits per heavy atom. The summed E-state index contributed by atoms with van der Waals surface area (Å²) in [6.07, 6.45) is 8.07. The predicted molar refractivity (Wildman–Crippen MR) is 56.8 cm³/mol. The van der Waals surface area contributed by atoms with E-state index in [0.29, 0.717) is 0 Å². The molecule has 1 nitrogen and oxygen atoms in total. The lowest BCUT2D eigenvalue weighted by Gasteiger charge is -1.98. The Balaban J connectivity index is 2.69. The monoisotopic (exact) mass is 174 g/mol. The molecule has 1 aromatic carbocycles. The molecule has 0 saturated heterocycles. The molecule has 0 heterocycles. The van der Waals surface area contributed by atoms with Gasteiger partial charge in [-0.2, -0.15) is 0 Å². The quantitative estimate of drug-likeness (QED) is 0.639. The smallest absolute Gasteiger partial charge is 0.118 e. The van der Waals surface area contributed by atoms with E-state index in [2.05, 4.69) is 6.08 Å². The summed E-state index contributed by atoms with van der Waals surface area (Å²) in [4.78, 5) is 0. The first-order valence-corrected chi connectivity index (χ1v) is 4.30. The third-order valence-electron chi connectivity index (χ3n) is 1.71. The molecule has 0 unspecified atom stereocenters. The zero-order valence-electron chi connectivity index (χ0n) is 8.03. The molecule has 0 aliphatic heterocycles. The minimum atomic E-state index is 0.892. The molecule has 1 heteroatoms. The normalized spacial score (nSPS) is 11.2. The van der Waals surface area contributed by atoms with Crippen LogP contribution in [0.2, 0.25) is 0 Å². The van der Waals surface area contributed by atoms with Gasteiger partial charge in [-0.25, -0.2) is 0 Å². The van der Waals surface area contributed by atoms with E-state index in [9.17, 15) is 0 Å². The van der Waals surface area contributed by atoms with E-state index in [1.165, 1.54) is 5.56 Å². The van der Waals surface area contributed by atoms with Crippen molar-refractivity contribution in [2.24, 2.45) is 0 Å². The molecule has 0 aliphatic rings. The van der Waals surface area contributed by atoms with Gasteiger partial charge in [0.1, 0.15) is 5.75 Å². The number of methoxy groups -OCH3 is 1. The number of hydrogen-bond donors (Lipinski definition) is 0. The van der Waals surface area contributed by atoms with Gasteiger partial charge in [-0.05, 0) is 24.6 Å². The van der Waals surface area contributed by atoms with Crippen molar-refractivity contribution in [2.75, 3.05) is 7.11 Å². The van der Waals surface area contributed by atoms with Gasteiger partial charge in [0.25, 0.3) is 0 Å². The fraction of sp³-hybridized carbons (Fsp3) is 0.167. The van der Waals surface area contributed by atoms with Crippen molar-refractivity contribution < 1.29 is 4.74 Å². The zero-order valence-corrected chi connectivity index (χ0v) is 8.03. The summed E-state index contributed by atoms with van der Waals surface area (Å²) in [6, 6.07) is 7.96. The molecule has 0 fully saturated rings. The summed E-state index contributed by atoms with van der Waals surface area (Å²) in [6.45, 7) is 2.00. The van der Waals surface area contributed by atoms with Crippen LogP contribution in [-0.4, -0.2) is 7.11 Å². The van der Waals surface area contributed by atoms with E-state index in [1.807, 2.05) is 49.4 Å². The van der Waals surface area contributed by atoms with Crippen LogP contribution in [0.3, 0.4) is 0 Å². The van der Waals surface area contributed by atoms with Crippen molar-refractivity contribution in [1.82, 2.24) is 0 Å². The second-order valence-electron chi connectivity index (χ2n) is 2.66. The first-order chi connectivity index (χ1) is 6.36. The van der Waals surface area contributed by atoms with Gasteiger partial charge in [0.05, 0.1) is 7.11 Å². The Bertz CT molecular complexity index is 293. The van der Waals surface area contributed by atoms with E-state index in [4.69, 9.17) is 4.74 Å². The summed E-state index contributed by atoms with van der Waals surface area (Å²) >= 11 is 0. The van der Waals surface area contributed by atoms with Crippen LogP contribution in [0.15, 0.2) is 42.5 Å². The SMILES string of the molecule is CC=CC=Cc1ccc(OC)cc1. The first kappa shape index (κ1) is 9.59. The molecule has 0 atom stereocenters. The number of ether oxygens (including phenoxy) is 1. The molecular weight excluding hydrogens is 160 g/mol. The topological polar surface area (TPSA) is 9.23 Å². The van der Waals surface area contributed by atoms with Crippen LogP contribution >= 0.6 is 0 Å². The maximum absolute atomic E-state index is 5.06. The van der Waals surface area contributed by atoms with Gasteiger partial charge >= 0.3 is 0 Å². The molecule has 0 amide bonds. The van der Waals surface area contributed by atoms with Crippen LogP contribution < -0.4 is 4.74 Å². The molecular formula is C12H14O. The van der Waals surface area contributed by atoms with Crippen LogP contribution in [0.5, 0.6) is 5.75 Å². The second-order valence-corrected chi connectivity index (χ2v) is 2.66. The minimum Gasteiger partial charge on any atom is -0.497 e. The summed E-state index contributed by atoms with van der Waals surface area (Å²) < 4.78 is 5.06. The Hall–Kier alpha value is -1.50. The van der Waals surface area contributed by atoms with Gasteiger partial charge in [0.15, 0.2) is 0 Å². The van der Waals surface area contributed by atoms with Crippen molar-refractivity contribution >= 4 is 6.08 Å². The van der Waals surface area contributed by atoms with Gasteiger partial charge in [-0.3, -0.25) is 0 Å². The van der Waals surface area contributed by atoms with Crippen LogP contribution in [0, 0.1) is 0 Å². The number of rotatable bonds is 3. The zero-order chi connectivity index (χ0) is 9.52. The second kappa shape index (κ2) is 5.20. The van der Waals surface area contributed by atoms with E-state index >= 15 is 0 Å². The highest BCUT2D eigenvalue weighted by atomic mass is 16.5. The molecule has 13 heavy (non-hydrogen) atoms. The van der Waals surface area contributed by atoms with Gasteiger partial charge in [0.2, 0.25) is 0 Å². The van der Waals surface area contributed by atoms with Crippen LogP contribution in [0.4, 0.5) is 0 Å². The highest BCUT2D eigenvalue weighted by Crippen LogP contribution is 2.12. The molecule has 0 saturated carbocycles. The third-order valence-corrected chi connectivity index (χ3v) is 1.71. The first-order valence-electron chi connectivity index (χ1n) is 4.30. The summed E-state index contributed by atoms with van der Waals surface area (Å²) in [5.41, 5.74) is 1.18. The molecule has 0 aliphatic carbocycles. The number of hydrogen-bond acceptors (Lipinski definition) is 1. The Morgan fingerprint density at radius 1 is 1.08 bits per heavy atom. The fourth-order valence-electron chi connectivity index (χ4n) is 0.993. The molecule has 1 aromatic rings. The fourth-order valence-corrected chi connectivity index (χ4v) is 0.993. The van der Waals surface area contributed by atoms with Crippen molar-refractivity contribution in [3.63, 3.8) is 0 Å². The highest BCUT2D eigenvalue weighted by Gasteiger charge is 1.88. The Morgan fingerprint density at radius 2 is 1.77 bits per heavy atom. The lowest BCUT2D eigenvalue weighted by atomic mass is 10.2. The largest absolute Gasteiger partial charge is 0.497 e. The third kappa shape index (κ3) is 3.16. The Labute approximate surface area is 79.4 Å². The molecule has 1 rings (SSSR count). The minimum absolute atomic E-state index is 0.892. The average molecular weight is 174 g/mol. The van der Waals surface area contributed by atoms with Crippen LogP contribution in [0.1, 0.15) is 12.5 Å². The molecule has 0 radical (unpaired) electrons.